The summed E-state index contributed by atoms with van der Waals surface area (Å²) >= 11 is 0. The summed E-state index contributed by atoms with van der Waals surface area (Å²) in [5.41, 5.74) is 8.38. The average molecular weight is 215 g/mol. The Bertz CT molecular complexity index is 431. The molecule has 0 aliphatic rings. The predicted molar refractivity (Wildman–Crippen MR) is 70.1 cm³/mol. The van der Waals surface area contributed by atoms with Gasteiger partial charge in [0, 0.05) is 11.4 Å². The Labute approximate surface area is 96.4 Å². The largest absolute Gasteiger partial charge is 0.382 e. The highest BCUT2D eigenvalue weighted by molar-refractivity contribution is 5.65. The highest BCUT2D eigenvalue weighted by atomic mass is 15.0. The Morgan fingerprint density at radius 3 is 2.81 bits per heavy atom. The van der Waals surface area contributed by atoms with Crippen LogP contribution in [0.5, 0.6) is 0 Å². The maximum Gasteiger partial charge on any atom is 0.147 e. The Balaban J connectivity index is 2.90. The van der Waals surface area contributed by atoms with Gasteiger partial charge >= 0.3 is 0 Å². The van der Waals surface area contributed by atoms with Gasteiger partial charge in [0.25, 0.3) is 0 Å². The Hall–Kier alpha value is -2.03. The molecule has 16 heavy (non-hydrogen) atoms. The third-order valence-electron chi connectivity index (χ3n) is 2.03. The van der Waals surface area contributed by atoms with Crippen molar-refractivity contribution in [2.24, 2.45) is 0 Å². The molecule has 0 bridgehead atoms. The van der Waals surface area contributed by atoms with E-state index in [1.54, 1.807) is 6.08 Å². The van der Waals surface area contributed by atoms with Gasteiger partial charge in [0.1, 0.15) is 5.82 Å². The van der Waals surface area contributed by atoms with Gasteiger partial charge < -0.3 is 11.1 Å². The number of nitrogen functional groups attached to an aromatic ring is 1. The van der Waals surface area contributed by atoms with E-state index in [9.17, 15) is 0 Å². The minimum absolute atomic E-state index is 0.494. The second kappa shape index (κ2) is 5.75. The van der Waals surface area contributed by atoms with Crippen molar-refractivity contribution in [1.82, 2.24) is 4.98 Å². The smallest absolute Gasteiger partial charge is 0.147 e. The number of allylic oxidation sites excluding steroid dienone is 4. The molecule has 0 amide bonds. The zero-order chi connectivity index (χ0) is 12.0. The van der Waals surface area contributed by atoms with Gasteiger partial charge in [0.15, 0.2) is 0 Å². The number of nitrogens with zero attached hydrogens (tertiary/aromatic N) is 1. The average Bonchev–Trinajstić information content (AvgIpc) is 2.27. The molecular weight excluding hydrogens is 198 g/mol. The second-order valence-corrected chi connectivity index (χ2v) is 3.36. The van der Waals surface area contributed by atoms with Crippen molar-refractivity contribution in [2.45, 2.75) is 13.8 Å². The molecule has 0 saturated heterocycles. The van der Waals surface area contributed by atoms with Crippen LogP contribution in [0.4, 0.5) is 11.5 Å². The standard InChI is InChI=1S/C13H17N3/c1-4-6-7-11(5-2)16-12-9-8-10(3)15-13(12)14/h4-9,16H,2H2,1,3H3,(H2,14,15)/b6-4-,11-7+. The van der Waals surface area contributed by atoms with E-state index in [2.05, 4.69) is 16.9 Å². The lowest BCUT2D eigenvalue weighted by molar-refractivity contribution is 1.21. The highest BCUT2D eigenvalue weighted by Gasteiger charge is 2.00. The molecule has 1 rings (SSSR count). The van der Waals surface area contributed by atoms with E-state index in [4.69, 9.17) is 5.73 Å². The summed E-state index contributed by atoms with van der Waals surface area (Å²) in [6.45, 7) is 7.60. The summed E-state index contributed by atoms with van der Waals surface area (Å²) in [5, 5.41) is 3.16. The fourth-order valence-corrected chi connectivity index (χ4v) is 1.20. The van der Waals surface area contributed by atoms with Gasteiger partial charge in [-0.15, -0.1) is 0 Å². The molecule has 1 aromatic heterocycles. The molecule has 3 nitrogen and oxygen atoms in total. The van der Waals surface area contributed by atoms with E-state index in [-0.39, 0.29) is 0 Å². The molecule has 1 aromatic rings. The van der Waals surface area contributed by atoms with Crippen LogP contribution >= 0.6 is 0 Å². The van der Waals surface area contributed by atoms with Crippen LogP contribution in [0.15, 0.2) is 48.7 Å². The van der Waals surface area contributed by atoms with Crippen LogP contribution in [0.2, 0.25) is 0 Å². The van der Waals surface area contributed by atoms with Crippen molar-refractivity contribution >= 4 is 11.5 Å². The number of pyridine rings is 1. The first-order valence-corrected chi connectivity index (χ1v) is 5.13. The minimum Gasteiger partial charge on any atom is -0.382 e. The number of hydrogen-bond acceptors (Lipinski definition) is 3. The molecular formula is C13H17N3. The van der Waals surface area contributed by atoms with Crippen molar-refractivity contribution in [3.8, 4) is 0 Å². The predicted octanol–water partition coefficient (Wildman–Crippen LogP) is 3.03. The lowest BCUT2D eigenvalue weighted by Gasteiger charge is -2.09. The van der Waals surface area contributed by atoms with Crippen LogP contribution in [-0.2, 0) is 0 Å². The molecule has 0 atom stereocenters. The summed E-state index contributed by atoms with van der Waals surface area (Å²) in [6, 6.07) is 3.82. The van der Waals surface area contributed by atoms with Gasteiger partial charge in [0.2, 0.25) is 0 Å². The van der Waals surface area contributed by atoms with Crippen LogP contribution in [0.1, 0.15) is 12.6 Å². The number of anilines is 2. The van der Waals surface area contributed by atoms with E-state index < -0.39 is 0 Å². The zero-order valence-electron chi connectivity index (χ0n) is 9.70. The quantitative estimate of drug-likeness (QED) is 0.759. The van der Waals surface area contributed by atoms with Crippen molar-refractivity contribution in [1.29, 1.82) is 0 Å². The van der Waals surface area contributed by atoms with Gasteiger partial charge in [-0.3, -0.25) is 0 Å². The molecule has 0 aliphatic heterocycles. The monoisotopic (exact) mass is 215 g/mol. The maximum atomic E-state index is 5.80. The summed E-state index contributed by atoms with van der Waals surface area (Å²) in [4.78, 5) is 4.18. The first-order chi connectivity index (χ1) is 7.67. The molecule has 0 unspecified atom stereocenters. The molecule has 3 heteroatoms. The van der Waals surface area contributed by atoms with Gasteiger partial charge in [0.05, 0.1) is 5.69 Å². The fourth-order valence-electron chi connectivity index (χ4n) is 1.20. The Morgan fingerprint density at radius 2 is 2.25 bits per heavy atom. The molecule has 0 spiro atoms. The number of rotatable bonds is 4. The minimum atomic E-state index is 0.494. The van der Waals surface area contributed by atoms with Crippen molar-refractivity contribution in [3.05, 3.63) is 54.4 Å². The number of nitrogens with one attached hydrogen (secondary N) is 1. The summed E-state index contributed by atoms with van der Waals surface area (Å²) in [6.07, 6.45) is 7.54. The topological polar surface area (TPSA) is 50.9 Å². The molecule has 0 radical (unpaired) electrons. The van der Waals surface area contributed by atoms with Crippen molar-refractivity contribution in [2.75, 3.05) is 11.1 Å². The zero-order valence-corrected chi connectivity index (χ0v) is 9.70. The van der Waals surface area contributed by atoms with Gasteiger partial charge in [-0.25, -0.2) is 4.98 Å². The number of aromatic nitrogens is 1. The van der Waals surface area contributed by atoms with Gasteiger partial charge in [-0.1, -0.05) is 18.7 Å². The molecule has 3 N–H and O–H groups in total. The lowest BCUT2D eigenvalue weighted by atomic mass is 10.3. The third-order valence-corrected chi connectivity index (χ3v) is 2.03. The first-order valence-electron chi connectivity index (χ1n) is 5.13. The van der Waals surface area contributed by atoms with E-state index >= 15 is 0 Å². The highest BCUT2D eigenvalue weighted by Crippen LogP contribution is 2.18. The van der Waals surface area contributed by atoms with Crippen molar-refractivity contribution in [3.63, 3.8) is 0 Å². The molecule has 0 saturated carbocycles. The van der Waals surface area contributed by atoms with Crippen LogP contribution in [-0.4, -0.2) is 4.98 Å². The van der Waals surface area contributed by atoms with E-state index in [0.29, 0.717) is 5.82 Å². The third kappa shape index (κ3) is 3.28. The molecule has 0 aromatic carbocycles. The number of aryl methyl sites for hydroxylation is 1. The lowest BCUT2D eigenvalue weighted by Crippen LogP contribution is -2.02. The van der Waals surface area contributed by atoms with E-state index in [1.165, 1.54) is 0 Å². The Morgan fingerprint density at radius 1 is 1.50 bits per heavy atom. The second-order valence-electron chi connectivity index (χ2n) is 3.36. The van der Waals surface area contributed by atoms with Crippen LogP contribution in [0.25, 0.3) is 0 Å². The van der Waals surface area contributed by atoms with Gasteiger partial charge in [-0.2, -0.15) is 0 Å². The van der Waals surface area contributed by atoms with Crippen LogP contribution in [0, 0.1) is 6.92 Å². The summed E-state index contributed by atoms with van der Waals surface area (Å²) in [5.74, 6) is 0.494. The normalized spacial score (nSPS) is 11.8. The fraction of sp³-hybridized carbons (Fsp3) is 0.154. The molecule has 84 valence electrons. The molecule has 0 fully saturated rings. The SMILES string of the molecule is C=C/C(=C\C=C/C)Nc1ccc(C)nc1N. The first kappa shape index (κ1) is 12.0. The maximum absolute atomic E-state index is 5.80. The van der Waals surface area contributed by atoms with Crippen molar-refractivity contribution < 1.29 is 0 Å². The van der Waals surface area contributed by atoms with E-state index in [0.717, 1.165) is 17.1 Å². The number of hydrogen-bond donors (Lipinski definition) is 2. The Kier molecular flexibility index (Phi) is 4.33. The summed E-state index contributed by atoms with van der Waals surface area (Å²) < 4.78 is 0. The molecule has 1 heterocycles. The summed E-state index contributed by atoms with van der Waals surface area (Å²) in [7, 11) is 0. The van der Waals surface area contributed by atoms with E-state index in [1.807, 2.05) is 44.2 Å². The molecule has 0 aliphatic carbocycles. The van der Waals surface area contributed by atoms with Gasteiger partial charge in [-0.05, 0) is 38.1 Å². The van der Waals surface area contributed by atoms with Crippen LogP contribution in [0.3, 0.4) is 0 Å². The van der Waals surface area contributed by atoms with Crippen LogP contribution < -0.4 is 11.1 Å². The number of nitrogens with two attached hydrogens (primary N) is 1.